The molecule has 0 N–H and O–H groups in total. The van der Waals surface area contributed by atoms with Crippen LogP contribution in [0.25, 0.3) is 0 Å². The number of unbranched alkanes of at least 4 members (excludes halogenated alkanes) is 6. The molecule has 0 radical (unpaired) electrons. The normalized spacial score (nSPS) is 39.5. The van der Waals surface area contributed by atoms with Crippen LogP contribution in [-0.2, 0) is 23.4 Å². The first-order chi connectivity index (χ1) is 21.9. The van der Waals surface area contributed by atoms with Crippen LogP contribution in [-0.4, -0.2) is 25.0 Å². The fraction of sp³-hybridized carbons (Fsp3) is 0.949. The Morgan fingerprint density at radius 1 is 0.776 bits per heavy atom. The van der Waals surface area contributed by atoms with Gasteiger partial charge in [0.25, 0.3) is 0 Å². The second-order valence-electron chi connectivity index (χ2n) is 18.3. The summed E-state index contributed by atoms with van der Waals surface area (Å²) in [5, 5.41) is 0. The number of hydrogen-bond donors (Lipinski definition) is 0. The molecular formula is C39H65K2O7P. The molecule has 9 atom stereocenters. The number of hydrogen-bond acceptors (Lipinski definition) is 7. The summed E-state index contributed by atoms with van der Waals surface area (Å²) in [6.45, 7) is 17.5. The summed E-state index contributed by atoms with van der Waals surface area (Å²) in [5.41, 5.74) is 0.0426. The number of phosphoric ester groups is 1. The van der Waals surface area contributed by atoms with Gasteiger partial charge in [0.15, 0.2) is 0 Å². The molecule has 49 heavy (non-hydrogen) atoms. The molecule has 0 unspecified atom stereocenters. The minimum Gasteiger partial charge on any atom is -0.790 e. The molecular weight excluding hydrogens is 690 g/mol. The summed E-state index contributed by atoms with van der Waals surface area (Å²) in [6.07, 6.45) is 17.1. The molecule has 5 saturated carbocycles. The van der Waals surface area contributed by atoms with Crippen LogP contribution in [0.1, 0.15) is 158 Å². The number of carbonyl (C=O) groups excluding carboxylic acids is 2. The van der Waals surface area contributed by atoms with Gasteiger partial charge in [-0.2, -0.15) is 0 Å². The van der Waals surface area contributed by atoms with Crippen molar-refractivity contribution in [3.63, 3.8) is 0 Å². The van der Waals surface area contributed by atoms with Gasteiger partial charge in [-0.1, -0.05) is 80.6 Å². The molecule has 0 aromatic carbocycles. The predicted molar refractivity (Wildman–Crippen MR) is 181 cm³/mol. The van der Waals surface area contributed by atoms with Gasteiger partial charge in [0.2, 0.25) is 0 Å². The van der Waals surface area contributed by atoms with E-state index in [9.17, 15) is 23.9 Å². The Kier molecular flexibility index (Phi) is 16.6. The first-order valence-corrected chi connectivity index (χ1v) is 20.8. The smallest absolute Gasteiger partial charge is 0.790 e. The van der Waals surface area contributed by atoms with Crippen molar-refractivity contribution in [3.8, 4) is 0 Å². The first kappa shape index (κ1) is 45.9. The van der Waals surface area contributed by atoms with E-state index in [1.165, 1.54) is 19.3 Å². The molecule has 0 bridgehead atoms. The summed E-state index contributed by atoms with van der Waals surface area (Å²) in [4.78, 5) is 48.4. The third-order valence-electron chi connectivity index (χ3n) is 15.8. The summed E-state index contributed by atoms with van der Waals surface area (Å²) in [7, 11) is -4.86. The van der Waals surface area contributed by atoms with Crippen LogP contribution in [0.3, 0.4) is 0 Å². The van der Waals surface area contributed by atoms with Crippen LogP contribution < -0.4 is 113 Å². The summed E-state index contributed by atoms with van der Waals surface area (Å²) < 4.78 is 21.0. The molecule has 5 aliphatic carbocycles. The van der Waals surface area contributed by atoms with E-state index in [0.29, 0.717) is 54.3 Å². The van der Waals surface area contributed by atoms with Crippen molar-refractivity contribution in [1.29, 1.82) is 0 Å². The van der Waals surface area contributed by atoms with Crippen molar-refractivity contribution in [2.24, 2.45) is 62.6 Å². The van der Waals surface area contributed by atoms with Crippen LogP contribution in [0, 0.1) is 62.6 Å². The third-order valence-corrected chi connectivity index (χ3v) is 16.3. The topological polar surface area (TPSA) is 116 Å². The van der Waals surface area contributed by atoms with Gasteiger partial charge in [-0.15, -0.1) is 0 Å². The number of carbonyl (C=O) groups is 2. The number of ether oxygens (including phenoxy) is 1. The summed E-state index contributed by atoms with van der Waals surface area (Å²) >= 11 is 0. The Morgan fingerprint density at radius 2 is 1.39 bits per heavy atom. The minimum atomic E-state index is -4.86. The molecule has 0 spiro atoms. The third kappa shape index (κ3) is 8.76. The van der Waals surface area contributed by atoms with E-state index in [4.69, 9.17) is 4.74 Å². The van der Waals surface area contributed by atoms with E-state index in [-0.39, 0.29) is 142 Å². The van der Waals surface area contributed by atoms with Gasteiger partial charge in [0.05, 0.1) is 26.5 Å². The Labute approximate surface area is 383 Å². The van der Waals surface area contributed by atoms with Gasteiger partial charge in [-0.05, 0) is 122 Å². The van der Waals surface area contributed by atoms with E-state index in [1.807, 2.05) is 0 Å². The van der Waals surface area contributed by atoms with Crippen molar-refractivity contribution in [3.05, 3.63) is 0 Å². The molecule has 0 aliphatic heterocycles. The average molecular weight is 755 g/mol. The molecule has 5 fully saturated rings. The van der Waals surface area contributed by atoms with E-state index in [1.54, 1.807) is 0 Å². The molecule has 10 heteroatoms. The van der Waals surface area contributed by atoms with Crippen LogP contribution in [0.2, 0.25) is 0 Å². The molecule has 270 valence electrons. The number of esters is 1. The van der Waals surface area contributed by atoms with Gasteiger partial charge >= 0.3 is 109 Å². The van der Waals surface area contributed by atoms with E-state index >= 15 is 0 Å². The van der Waals surface area contributed by atoms with Crippen LogP contribution in [0.4, 0.5) is 0 Å². The zero-order valence-corrected chi connectivity index (χ0v) is 39.8. The maximum absolute atomic E-state index is 14.2. The molecule has 0 heterocycles. The standard InChI is InChI=1S/C39H67O7P.2K/c1-27(2)28-17-22-39(34(41)45-25-13-11-9-8-10-12-14-26-46-47(42,43)44)24-23-37(6)29(33(28)39)15-16-31-36(5)20-19-32(40)35(3,4)30(36)18-21-38(31,37)7;;/h27-31,33H,8-26H2,1-7H3,(H2,42,43,44);;/q;2*+1/p-2/t28-,29+,30-,31+,33+,36-,37+,38+,39-;;/m0../s1. The maximum Gasteiger partial charge on any atom is 1.00 e. The molecule has 5 rings (SSSR count). The van der Waals surface area contributed by atoms with Gasteiger partial charge in [-0.3, -0.25) is 9.59 Å². The minimum absolute atomic E-state index is 0. The van der Waals surface area contributed by atoms with Gasteiger partial charge in [0.1, 0.15) is 5.78 Å². The van der Waals surface area contributed by atoms with Crippen molar-refractivity contribution in [2.45, 2.75) is 158 Å². The zero-order valence-electron chi connectivity index (χ0n) is 32.7. The van der Waals surface area contributed by atoms with Crippen LogP contribution >= 0.6 is 7.82 Å². The molecule has 0 aromatic heterocycles. The Balaban J connectivity index is 0.00000325. The fourth-order valence-electron chi connectivity index (χ4n) is 13.1. The second-order valence-corrected chi connectivity index (χ2v) is 19.5. The van der Waals surface area contributed by atoms with Gasteiger partial charge in [-0.25, -0.2) is 0 Å². The monoisotopic (exact) mass is 754 g/mol. The van der Waals surface area contributed by atoms with E-state index < -0.39 is 7.82 Å². The van der Waals surface area contributed by atoms with Crippen molar-refractivity contribution < 1.29 is 136 Å². The summed E-state index contributed by atoms with van der Waals surface area (Å²) in [5.74, 6) is 3.69. The van der Waals surface area contributed by atoms with Gasteiger partial charge in [0, 0.05) is 11.8 Å². The molecule has 0 amide bonds. The Hall–Kier alpha value is 2.52. The van der Waals surface area contributed by atoms with Crippen molar-refractivity contribution in [2.75, 3.05) is 13.2 Å². The molecule has 5 aliphatic rings. The SMILES string of the molecule is CC(C)[C@@H]1CC[C@]2(C(=O)OCCCCCCCCCOP(=O)([O-])[O-])CC[C@]3(C)[C@H](CC[C@@H]4[C@@]5(C)CCC(=O)C(C)(C)[C@@H]5CC[C@]43C)[C@@H]12.[K+].[K+]. The number of fused-ring (bicyclic) bond motifs is 7. The molecule has 0 aromatic rings. The van der Waals surface area contributed by atoms with E-state index in [2.05, 4.69) is 53.0 Å². The largest absolute Gasteiger partial charge is 1.00 e. The average Bonchev–Trinajstić information content (AvgIpc) is 3.39. The number of ketones is 1. The number of rotatable bonds is 13. The Morgan fingerprint density at radius 3 is 2.00 bits per heavy atom. The van der Waals surface area contributed by atoms with E-state index in [0.717, 1.165) is 83.5 Å². The van der Waals surface area contributed by atoms with Crippen molar-refractivity contribution >= 4 is 19.6 Å². The second kappa shape index (κ2) is 17.8. The van der Waals surface area contributed by atoms with Crippen LogP contribution in [0.5, 0.6) is 0 Å². The summed E-state index contributed by atoms with van der Waals surface area (Å²) in [6, 6.07) is 0. The quantitative estimate of drug-likeness (QED) is 0.123. The predicted octanol–water partition coefficient (Wildman–Crippen LogP) is 2.42. The molecule has 7 nitrogen and oxygen atoms in total. The van der Waals surface area contributed by atoms with Crippen LogP contribution in [0.15, 0.2) is 0 Å². The Bertz CT molecular complexity index is 1210. The fourth-order valence-corrected chi connectivity index (χ4v) is 13.5. The molecule has 0 saturated heterocycles. The number of Topliss-reactive ketones (excluding diaryl/α,β-unsaturated/α-hetero) is 1. The van der Waals surface area contributed by atoms with Crippen molar-refractivity contribution in [1.82, 2.24) is 0 Å². The van der Waals surface area contributed by atoms with Gasteiger partial charge < -0.3 is 23.6 Å². The maximum atomic E-state index is 14.2. The number of phosphoric acid groups is 1. The first-order valence-electron chi connectivity index (χ1n) is 19.3. The zero-order chi connectivity index (χ0) is 34.5.